The van der Waals surface area contributed by atoms with Gasteiger partial charge in [0, 0.05) is 19.3 Å². The summed E-state index contributed by atoms with van der Waals surface area (Å²) in [7, 11) is 0. The monoisotopic (exact) mass is 1130 g/mol. The van der Waals surface area contributed by atoms with Gasteiger partial charge in [0.05, 0.1) is 0 Å². The van der Waals surface area contributed by atoms with Crippen LogP contribution in [-0.4, -0.2) is 37.2 Å². The second kappa shape index (κ2) is 69.3. The molecule has 0 bridgehead atoms. The molecule has 0 saturated carbocycles. The predicted molar refractivity (Wildman–Crippen MR) is 353 cm³/mol. The van der Waals surface area contributed by atoms with E-state index in [9.17, 15) is 14.4 Å². The van der Waals surface area contributed by atoms with E-state index in [4.69, 9.17) is 14.2 Å². The molecule has 0 spiro atoms. The molecule has 0 aromatic rings. The number of ether oxygens (including phenoxy) is 3. The molecule has 0 fully saturated rings. The van der Waals surface area contributed by atoms with Crippen molar-refractivity contribution in [3.8, 4) is 0 Å². The topological polar surface area (TPSA) is 78.9 Å². The number of rotatable bonds is 65. The van der Waals surface area contributed by atoms with Crippen LogP contribution in [0, 0.1) is 0 Å². The maximum atomic E-state index is 12.9. The van der Waals surface area contributed by atoms with Crippen LogP contribution in [-0.2, 0) is 28.6 Å². The number of esters is 3. The highest BCUT2D eigenvalue weighted by atomic mass is 16.6. The van der Waals surface area contributed by atoms with Crippen molar-refractivity contribution in [2.24, 2.45) is 0 Å². The Hall–Kier alpha value is -3.15. The minimum absolute atomic E-state index is 0.0732. The zero-order valence-electron chi connectivity index (χ0n) is 54.1. The van der Waals surface area contributed by atoms with Crippen LogP contribution in [0.15, 0.2) is 72.9 Å². The maximum absolute atomic E-state index is 12.9. The molecule has 81 heavy (non-hydrogen) atoms. The van der Waals surface area contributed by atoms with Crippen LogP contribution in [0.25, 0.3) is 0 Å². The van der Waals surface area contributed by atoms with Crippen molar-refractivity contribution in [2.45, 2.75) is 374 Å². The van der Waals surface area contributed by atoms with Crippen molar-refractivity contribution < 1.29 is 28.6 Å². The minimum atomic E-state index is -0.776. The summed E-state index contributed by atoms with van der Waals surface area (Å²) in [6.07, 6.45) is 90.9. The van der Waals surface area contributed by atoms with Gasteiger partial charge in [-0.2, -0.15) is 0 Å². The van der Waals surface area contributed by atoms with E-state index in [1.165, 1.54) is 225 Å². The van der Waals surface area contributed by atoms with E-state index in [0.29, 0.717) is 19.3 Å². The van der Waals surface area contributed by atoms with Gasteiger partial charge in [0.15, 0.2) is 6.10 Å². The Kier molecular flexibility index (Phi) is 66.6. The fourth-order valence-corrected chi connectivity index (χ4v) is 10.5. The second-order valence-electron chi connectivity index (χ2n) is 23.8. The van der Waals surface area contributed by atoms with Gasteiger partial charge in [0.2, 0.25) is 0 Å². The number of carbonyl (C=O) groups is 3. The summed E-state index contributed by atoms with van der Waals surface area (Å²) in [6, 6.07) is 0. The fraction of sp³-hybridized carbons (Fsp3) is 0.800. The minimum Gasteiger partial charge on any atom is -0.462 e. The van der Waals surface area contributed by atoms with E-state index in [0.717, 1.165) is 103 Å². The molecule has 0 radical (unpaired) electrons. The molecule has 0 aliphatic carbocycles. The number of hydrogen-bond donors (Lipinski definition) is 0. The molecule has 6 heteroatoms. The standard InChI is InChI=1S/C75H134O6/c1-4-7-10-13-16-19-21-23-25-27-29-31-33-35-37-39-41-43-45-47-49-51-53-56-59-62-65-68-74(77)80-71-72(70-79-73(76)67-64-61-58-55-18-15-12-9-6-3)81-75(78)69-66-63-60-57-54-52-50-48-46-44-42-40-38-36-34-32-30-28-26-24-22-20-17-14-11-8-5-2/h7,10,16,19,23,25,29,31,35,37,41,43,72H,4-6,8-9,11-15,17-18,20-22,24,26-28,30,32-34,36,38-40,42,44-71H2,1-3H3/b10-7-,19-16-,25-23-,31-29-,37-35-,43-41-. The van der Waals surface area contributed by atoms with Crippen molar-refractivity contribution in [2.75, 3.05) is 13.2 Å². The Morgan fingerprint density at radius 2 is 0.481 bits per heavy atom. The number of unbranched alkanes of at least 4 members (excludes halogenated alkanes) is 42. The molecular formula is C75H134O6. The van der Waals surface area contributed by atoms with Gasteiger partial charge in [0.1, 0.15) is 13.2 Å². The molecule has 0 amide bonds. The van der Waals surface area contributed by atoms with E-state index >= 15 is 0 Å². The SMILES string of the molecule is CC/C=C\C/C=C\C/C=C\C/C=C\C/C=C\C/C=C\CCCCCCCCCCC(=O)OCC(COC(=O)CCCCCCCCCCC)OC(=O)CCCCCCCCCCCCCCCCCCCCCCCCCCCCC. The quantitative estimate of drug-likeness (QED) is 0.0261. The summed E-state index contributed by atoms with van der Waals surface area (Å²) in [6.45, 7) is 6.56. The van der Waals surface area contributed by atoms with Crippen LogP contribution in [0.1, 0.15) is 367 Å². The Morgan fingerprint density at radius 3 is 0.753 bits per heavy atom. The average molecular weight is 1130 g/mol. The van der Waals surface area contributed by atoms with E-state index in [1.807, 2.05) is 0 Å². The van der Waals surface area contributed by atoms with Gasteiger partial charge in [-0.1, -0.05) is 351 Å². The summed E-state index contributed by atoms with van der Waals surface area (Å²) in [5.74, 6) is -0.864. The van der Waals surface area contributed by atoms with E-state index < -0.39 is 6.10 Å². The molecule has 0 aliphatic rings. The first-order chi connectivity index (χ1) is 40.0. The molecule has 6 nitrogen and oxygen atoms in total. The third-order valence-electron chi connectivity index (χ3n) is 15.7. The smallest absolute Gasteiger partial charge is 0.306 e. The van der Waals surface area contributed by atoms with Crippen LogP contribution >= 0.6 is 0 Å². The molecule has 470 valence electrons. The maximum Gasteiger partial charge on any atom is 0.306 e. The van der Waals surface area contributed by atoms with Crippen LogP contribution < -0.4 is 0 Å². The van der Waals surface area contributed by atoms with Gasteiger partial charge in [-0.15, -0.1) is 0 Å². The molecule has 1 atom stereocenters. The summed E-state index contributed by atoms with van der Waals surface area (Å²) in [4.78, 5) is 38.3. The highest BCUT2D eigenvalue weighted by Gasteiger charge is 2.19. The first-order valence-corrected chi connectivity index (χ1v) is 35.4. The molecule has 0 N–H and O–H groups in total. The van der Waals surface area contributed by atoms with E-state index in [-0.39, 0.29) is 31.1 Å². The molecule has 1 unspecified atom stereocenters. The van der Waals surface area contributed by atoms with E-state index in [2.05, 4.69) is 93.7 Å². The molecule has 0 rings (SSSR count). The largest absolute Gasteiger partial charge is 0.462 e. The van der Waals surface area contributed by atoms with Crippen molar-refractivity contribution >= 4 is 17.9 Å². The van der Waals surface area contributed by atoms with E-state index in [1.54, 1.807) is 0 Å². The number of allylic oxidation sites excluding steroid dienone is 12. The van der Waals surface area contributed by atoms with Gasteiger partial charge in [-0.05, 0) is 70.6 Å². The Labute approximate surface area is 503 Å². The highest BCUT2D eigenvalue weighted by Crippen LogP contribution is 2.18. The van der Waals surface area contributed by atoms with Crippen molar-refractivity contribution in [1.82, 2.24) is 0 Å². The molecule has 0 heterocycles. The van der Waals surface area contributed by atoms with Gasteiger partial charge in [0.25, 0.3) is 0 Å². The lowest BCUT2D eigenvalue weighted by Gasteiger charge is -2.18. The average Bonchev–Trinajstić information content (AvgIpc) is 3.47. The van der Waals surface area contributed by atoms with Gasteiger partial charge in [-0.25, -0.2) is 0 Å². The molecule has 0 saturated heterocycles. The van der Waals surface area contributed by atoms with Crippen LogP contribution in [0.5, 0.6) is 0 Å². The number of hydrogen-bond acceptors (Lipinski definition) is 6. The van der Waals surface area contributed by atoms with Gasteiger partial charge >= 0.3 is 17.9 Å². The van der Waals surface area contributed by atoms with Crippen LogP contribution in [0.2, 0.25) is 0 Å². The Morgan fingerprint density at radius 1 is 0.259 bits per heavy atom. The van der Waals surface area contributed by atoms with Crippen molar-refractivity contribution in [1.29, 1.82) is 0 Å². The summed E-state index contributed by atoms with van der Waals surface area (Å²) < 4.78 is 16.9. The first-order valence-electron chi connectivity index (χ1n) is 35.4. The van der Waals surface area contributed by atoms with Crippen LogP contribution in [0.4, 0.5) is 0 Å². The van der Waals surface area contributed by atoms with Gasteiger partial charge < -0.3 is 14.2 Å². The van der Waals surface area contributed by atoms with Crippen LogP contribution in [0.3, 0.4) is 0 Å². The normalized spacial score (nSPS) is 12.5. The lowest BCUT2D eigenvalue weighted by molar-refractivity contribution is -0.167. The van der Waals surface area contributed by atoms with Crippen molar-refractivity contribution in [3.63, 3.8) is 0 Å². The third-order valence-corrected chi connectivity index (χ3v) is 15.7. The highest BCUT2D eigenvalue weighted by molar-refractivity contribution is 5.71. The zero-order valence-corrected chi connectivity index (χ0v) is 54.1. The Balaban J connectivity index is 4.15. The summed E-state index contributed by atoms with van der Waals surface area (Å²) >= 11 is 0. The second-order valence-corrected chi connectivity index (χ2v) is 23.8. The predicted octanol–water partition coefficient (Wildman–Crippen LogP) is 24.4. The Bertz CT molecular complexity index is 1490. The molecule has 0 aliphatic heterocycles. The first kappa shape index (κ1) is 77.9. The number of carbonyl (C=O) groups excluding carboxylic acids is 3. The molecular weight excluding hydrogens is 997 g/mol. The third kappa shape index (κ3) is 67.5. The fourth-order valence-electron chi connectivity index (χ4n) is 10.5. The van der Waals surface area contributed by atoms with Crippen molar-refractivity contribution in [3.05, 3.63) is 72.9 Å². The lowest BCUT2D eigenvalue weighted by atomic mass is 10.0. The zero-order chi connectivity index (χ0) is 58.5. The van der Waals surface area contributed by atoms with Gasteiger partial charge in [-0.3, -0.25) is 14.4 Å². The lowest BCUT2D eigenvalue weighted by Crippen LogP contribution is -2.30. The summed E-state index contributed by atoms with van der Waals surface area (Å²) in [5, 5.41) is 0. The molecule has 0 aromatic heterocycles. The molecule has 0 aromatic carbocycles. The summed E-state index contributed by atoms with van der Waals surface area (Å²) in [5.41, 5.74) is 0.